The van der Waals surface area contributed by atoms with Gasteiger partial charge in [0.05, 0.1) is 16.6 Å². The third-order valence-corrected chi connectivity index (χ3v) is 4.14. The highest BCUT2D eigenvalue weighted by atomic mass is 79.9. The molecule has 1 heterocycles. The van der Waals surface area contributed by atoms with Gasteiger partial charge in [-0.25, -0.2) is 0 Å². The Morgan fingerprint density at radius 3 is 2.48 bits per heavy atom. The maximum absolute atomic E-state index is 13.0. The van der Waals surface area contributed by atoms with Gasteiger partial charge in [0.25, 0.3) is 0 Å². The Balaban J connectivity index is 2.00. The quantitative estimate of drug-likeness (QED) is 0.653. The molecule has 3 nitrogen and oxygen atoms in total. The molecule has 0 saturated carbocycles. The van der Waals surface area contributed by atoms with Crippen molar-refractivity contribution in [1.29, 1.82) is 5.26 Å². The number of aromatic nitrogens is 1. The maximum atomic E-state index is 13.0. The van der Waals surface area contributed by atoms with E-state index >= 15 is 0 Å². The van der Waals surface area contributed by atoms with Crippen molar-refractivity contribution in [1.82, 2.24) is 4.57 Å². The number of nitrogens with zero attached hydrogens (tertiary/aromatic N) is 2. The lowest BCUT2D eigenvalue weighted by atomic mass is 10.2. The van der Waals surface area contributed by atoms with Gasteiger partial charge in [0.2, 0.25) is 0 Å². The molecule has 0 aliphatic heterocycles. The van der Waals surface area contributed by atoms with E-state index in [2.05, 4.69) is 15.9 Å². The summed E-state index contributed by atoms with van der Waals surface area (Å²) < 4.78 is 45.0. The fraction of sp³-hybridized carbons (Fsp3) is 0.267. The number of rotatable bonds is 5. The van der Waals surface area contributed by atoms with Crippen LogP contribution in [0.25, 0.3) is 0 Å². The number of nitriles is 1. The van der Waals surface area contributed by atoms with E-state index in [4.69, 9.17) is 21.6 Å². The zero-order valence-electron chi connectivity index (χ0n) is 11.7. The molecule has 1 aromatic heterocycles. The summed E-state index contributed by atoms with van der Waals surface area (Å²) in [7, 11) is 0. The Labute approximate surface area is 144 Å². The average molecular weight is 408 g/mol. The van der Waals surface area contributed by atoms with Crippen LogP contribution in [0.1, 0.15) is 16.8 Å². The van der Waals surface area contributed by atoms with Crippen LogP contribution in [0.4, 0.5) is 13.2 Å². The number of benzene rings is 1. The van der Waals surface area contributed by atoms with Crippen molar-refractivity contribution in [3.05, 3.63) is 56.8 Å². The van der Waals surface area contributed by atoms with Crippen LogP contribution < -0.4 is 0 Å². The first-order valence-electron chi connectivity index (χ1n) is 6.51. The van der Waals surface area contributed by atoms with Gasteiger partial charge in [0.15, 0.2) is 0 Å². The molecule has 0 spiro atoms. The molecule has 0 radical (unpaired) electrons. The van der Waals surface area contributed by atoms with Crippen LogP contribution >= 0.6 is 27.5 Å². The van der Waals surface area contributed by atoms with E-state index in [1.165, 1.54) is 0 Å². The van der Waals surface area contributed by atoms with Crippen molar-refractivity contribution >= 4 is 27.5 Å². The molecule has 0 bridgehead atoms. The number of hydrogen-bond acceptors (Lipinski definition) is 2. The Morgan fingerprint density at radius 2 is 1.91 bits per heavy atom. The standard InChI is InChI=1S/C15H11BrClF3N2O/c16-13-11(7-21)8-22(14(13)15(18,19)20)9-23-6-5-10-1-3-12(17)4-2-10/h1-4,8H,5-6,9H2. The van der Waals surface area contributed by atoms with E-state index in [0.717, 1.165) is 16.3 Å². The largest absolute Gasteiger partial charge is 0.432 e. The molecule has 2 rings (SSSR count). The molecule has 0 saturated heterocycles. The number of alkyl halides is 3. The molecule has 0 N–H and O–H groups in total. The average Bonchev–Trinajstić information content (AvgIpc) is 2.81. The Morgan fingerprint density at radius 1 is 1.26 bits per heavy atom. The molecule has 0 aliphatic rings. The fourth-order valence-corrected chi connectivity index (χ4v) is 2.77. The summed E-state index contributed by atoms with van der Waals surface area (Å²) in [6.45, 7) is -0.0423. The molecule has 0 amide bonds. The number of halogens is 5. The Kier molecular flexibility index (Phi) is 5.74. The number of ether oxygens (including phenoxy) is 1. The van der Waals surface area contributed by atoms with E-state index < -0.39 is 11.9 Å². The third-order valence-electron chi connectivity index (χ3n) is 3.08. The first kappa shape index (κ1) is 17.9. The number of hydrogen-bond donors (Lipinski definition) is 0. The highest BCUT2D eigenvalue weighted by Crippen LogP contribution is 2.37. The van der Waals surface area contributed by atoms with Gasteiger partial charge in [-0.15, -0.1) is 0 Å². The van der Waals surface area contributed by atoms with E-state index in [0.29, 0.717) is 11.4 Å². The van der Waals surface area contributed by atoms with E-state index in [9.17, 15) is 13.2 Å². The minimum Gasteiger partial charge on any atom is -0.360 e. The molecular formula is C15H11BrClF3N2O. The second-order valence-corrected chi connectivity index (χ2v) is 5.93. The maximum Gasteiger partial charge on any atom is 0.432 e. The van der Waals surface area contributed by atoms with Crippen molar-refractivity contribution in [2.75, 3.05) is 6.61 Å². The second kappa shape index (κ2) is 7.39. The summed E-state index contributed by atoms with van der Waals surface area (Å²) in [4.78, 5) is 0. The molecular weight excluding hydrogens is 397 g/mol. The van der Waals surface area contributed by atoms with Crippen molar-refractivity contribution < 1.29 is 17.9 Å². The van der Waals surface area contributed by atoms with Crippen LogP contribution in [0.5, 0.6) is 0 Å². The van der Waals surface area contributed by atoms with E-state index in [1.807, 2.05) is 12.1 Å². The second-order valence-electron chi connectivity index (χ2n) is 4.70. The molecule has 2 aromatic rings. The minimum atomic E-state index is -4.58. The first-order chi connectivity index (χ1) is 10.8. The predicted octanol–water partition coefficient (Wildman–Crippen LogP) is 5.01. The molecule has 122 valence electrons. The molecule has 0 aliphatic carbocycles. The van der Waals surface area contributed by atoms with Gasteiger partial charge >= 0.3 is 6.18 Å². The van der Waals surface area contributed by atoms with Crippen molar-refractivity contribution in [3.63, 3.8) is 0 Å². The van der Waals surface area contributed by atoms with Crippen LogP contribution in [-0.2, 0) is 24.1 Å². The summed E-state index contributed by atoms with van der Waals surface area (Å²) in [5, 5.41) is 9.47. The molecule has 8 heteroatoms. The van der Waals surface area contributed by atoms with Crippen molar-refractivity contribution in [2.45, 2.75) is 19.3 Å². The highest BCUT2D eigenvalue weighted by molar-refractivity contribution is 9.10. The summed E-state index contributed by atoms with van der Waals surface area (Å²) in [5.41, 5.74) is -0.0454. The van der Waals surface area contributed by atoms with Gasteiger partial charge in [-0.2, -0.15) is 18.4 Å². The third kappa shape index (κ3) is 4.50. The minimum absolute atomic E-state index is 0.0846. The summed E-state index contributed by atoms with van der Waals surface area (Å²) in [6.07, 6.45) is -2.91. The first-order valence-corrected chi connectivity index (χ1v) is 7.68. The van der Waals surface area contributed by atoms with Gasteiger partial charge in [-0.1, -0.05) is 23.7 Å². The topological polar surface area (TPSA) is 38.0 Å². The van der Waals surface area contributed by atoms with Crippen LogP contribution in [-0.4, -0.2) is 11.2 Å². The Bertz CT molecular complexity index is 720. The van der Waals surface area contributed by atoms with Gasteiger partial charge in [-0.05, 0) is 40.0 Å². The Hall–Kier alpha value is -1.49. The van der Waals surface area contributed by atoms with Crippen LogP contribution in [0.2, 0.25) is 5.02 Å². The summed E-state index contributed by atoms with van der Waals surface area (Å²) in [5.74, 6) is 0. The lowest BCUT2D eigenvalue weighted by Crippen LogP contribution is -2.15. The van der Waals surface area contributed by atoms with Gasteiger partial charge in [0.1, 0.15) is 18.5 Å². The van der Waals surface area contributed by atoms with Gasteiger partial charge in [0, 0.05) is 11.2 Å². The zero-order valence-corrected chi connectivity index (χ0v) is 14.0. The monoisotopic (exact) mass is 406 g/mol. The van der Waals surface area contributed by atoms with Crippen molar-refractivity contribution in [3.8, 4) is 6.07 Å². The fourth-order valence-electron chi connectivity index (χ4n) is 2.00. The van der Waals surface area contributed by atoms with Gasteiger partial charge in [-0.3, -0.25) is 0 Å². The van der Waals surface area contributed by atoms with E-state index in [1.54, 1.807) is 18.2 Å². The lowest BCUT2D eigenvalue weighted by molar-refractivity contribution is -0.146. The van der Waals surface area contributed by atoms with Crippen LogP contribution in [0.3, 0.4) is 0 Å². The predicted molar refractivity (Wildman–Crippen MR) is 83.0 cm³/mol. The zero-order chi connectivity index (χ0) is 17.0. The van der Waals surface area contributed by atoms with Crippen molar-refractivity contribution in [2.24, 2.45) is 0 Å². The van der Waals surface area contributed by atoms with E-state index in [-0.39, 0.29) is 23.4 Å². The molecule has 0 fully saturated rings. The molecule has 0 atom stereocenters. The lowest BCUT2D eigenvalue weighted by Gasteiger charge is -2.13. The van der Waals surface area contributed by atoms with Crippen LogP contribution in [0.15, 0.2) is 34.9 Å². The molecule has 23 heavy (non-hydrogen) atoms. The molecule has 1 aromatic carbocycles. The molecule has 0 unspecified atom stereocenters. The smallest absolute Gasteiger partial charge is 0.360 e. The summed E-state index contributed by atoms with van der Waals surface area (Å²) >= 11 is 8.59. The summed E-state index contributed by atoms with van der Waals surface area (Å²) in [6, 6.07) is 8.84. The highest BCUT2D eigenvalue weighted by Gasteiger charge is 2.38. The SMILES string of the molecule is N#Cc1cn(COCCc2ccc(Cl)cc2)c(C(F)(F)F)c1Br. The van der Waals surface area contributed by atoms with Gasteiger partial charge < -0.3 is 9.30 Å². The normalized spacial score (nSPS) is 11.5. The van der Waals surface area contributed by atoms with Crippen LogP contribution in [0, 0.1) is 11.3 Å².